The molecule has 3 rings (SSSR count). The van der Waals surface area contributed by atoms with Crippen LogP contribution in [0.5, 0.6) is 0 Å². The van der Waals surface area contributed by atoms with Crippen LogP contribution < -0.4 is 16.6 Å². The number of aryl methyl sites for hydroxylation is 5. The van der Waals surface area contributed by atoms with Crippen molar-refractivity contribution in [2.24, 2.45) is 5.73 Å². The van der Waals surface area contributed by atoms with Crippen LogP contribution >= 0.6 is 11.6 Å². The Balaban J connectivity index is 1.69. The van der Waals surface area contributed by atoms with E-state index in [0.29, 0.717) is 41.6 Å². The Labute approximate surface area is 185 Å². The summed E-state index contributed by atoms with van der Waals surface area (Å²) < 4.78 is 6.79. The molecule has 0 spiro atoms. The summed E-state index contributed by atoms with van der Waals surface area (Å²) in [5.74, 6) is 1.06. The van der Waals surface area contributed by atoms with Crippen LogP contribution in [0.25, 0.3) is 0 Å². The van der Waals surface area contributed by atoms with Crippen molar-refractivity contribution in [1.29, 1.82) is 0 Å². The van der Waals surface area contributed by atoms with Crippen molar-refractivity contribution in [3.05, 3.63) is 79.4 Å². The minimum absolute atomic E-state index is 0.0339. The molecule has 164 valence electrons. The Hall–Kier alpha value is -2.97. The van der Waals surface area contributed by atoms with Crippen LogP contribution in [0.3, 0.4) is 0 Å². The maximum absolute atomic E-state index is 12.9. The largest absolute Gasteiger partial charge is 0.446 e. The maximum atomic E-state index is 12.9. The molecule has 2 aromatic heterocycles. The number of hydrogen-bond acceptors (Lipinski definition) is 6. The number of hydrogen-bond donors (Lipinski definition) is 2. The predicted molar refractivity (Wildman–Crippen MR) is 118 cm³/mol. The maximum Gasteiger partial charge on any atom is 0.270 e. The minimum atomic E-state index is -0.279. The highest BCUT2D eigenvalue weighted by Gasteiger charge is 2.15. The third-order valence-corrected chi connectivity index (χ3v) is 5.36. The van der Waals surface area contributed by atoms with E-state index >= 15 is 0 Å². The van der Waals surface area contributed by atoms with E-state index in [4.69, 9.17) is 21.8 Å². The third kappa shape index (κ3) is 5.59. The molecule has 0 unspecified atom stereocenters. The first-order chi connectivity index (χ1) is 14.8. The fourth-order valence-corrected chi connectivity index (χ4v) is 3.57. The molecule has 0 saturated heterocycles. The quantitative estimate of drug-likeness (QED) is 0.552. The Bertz CT molecular complexity index is 1150. The van der Waals surface area contributed by atoms with Gasteiger partial charge < -0.3 is 15.5 Å². The lowest BCUT2D eigenvalue weighted by molar-refractivity contribution is -0.120. The van der Waals surface area contributed by atoms with Crippen molar-refractivity contribution < 1.29 is 9.21 Å². The zero-order valence-corrected chi connectivity index (χ0v) is 18.6. The first-order valence-electron chi connectivity index (χ1n) is 10.0. The molecule has 1 aromatic carbocycles. The van der Waals surface area contributed by atoms with E-state index in [2.05, 4.69) is 15.4 Å². The van der Waals surface area contributed by atoms with Gasteiger partial charge in [-0.1, -0.05) is 17.7 Å². The number of carbonyl (C=O) groups excluding carboxylic acids is 1. The van der Waals surface area contributed by atoms with Crippen LogP contribution in [0.2, 0.25) is 5.02 Å². The van der Waals surface area contributed by atoms with Crippen LogP contribution in [0.1, 0.15) is 39.6 Å². The summed E-state index contributed by atoms with van der Waals surface area (Å²) in [6.07, 6.45) is 2.09. The van der Waals surface area contributed by atoms with Gasteiger partial charge in [-0.05, 0) is 42.7 Å². The average Bonchev–Trinajstić information content (AvgIpc) is 3.06. The second kappa shape index (κ2) is 9.89. The summed E-state index contributed by atoms with van der Waals surface area (Å²) in [5.41, 5.74) is 9.12. The van der Waals surface area contributed by atoms with Crippen molar-refractivity contribution >= 4 is 17.5 Å². The number of nitrogens with two attached hydrogens (primary N) is 1. The van der Waals surface area contributed by atoms with Crippen molar-refractivity contribution in [3.8, 4) is 0 Å². The fourth-order valence-electron chi connectivity index (χ4n) is 3.38. The van der Waals surface area contributed by atoms with Gasteiger partial charge in [-0.25, -0.2) is 9.67 Å². The van der Waals surface area contributed by atoms with Gasteiger partial charge in [0.25, 0.3) is 5.56 Å². The van der Waals surface area contributed by atoms with E-state index in [1.54, 1.807) is 32.2 Å². The van der Waals surface area contributed by atoms with E-state index in [1.807, 2.05) is 13.0 Å². The van der Waals surface area contributed by atoms with Gasteiger partial charge >= 0.3 is 0 Å². The van der Waals surface area contributed by atoms with Gasteiger partial charge in [-0.2, -0.15) is 5.10 Å². The average molecular weight is 444 g/mol. The van der Waals surface area contributed by atoms with Crippen LogP contribution in [0.4, 0.5) is 0 Å². The molecule has 31 heavy (non-hydrogen) atoms. The van der Waals surface area contributed by atoms with Gasteiger partial charge in [0.2, 0.25) is 5.91 Å². The molecule has 9 heteroatoms. The van der Waals surface area contributed by atoms with Gasteiger partial charge in [0.15, 0.2) is 5.89 Å². The number of halogens is 1. The number of amides is 1. The molecule has 0 bridgehead atoms. The van der Waals surface area contributed by atoms with Crippen molar-refractivity contribution in [3.63, 3.8) is 0 Å². The van der Waals surface area contributed by atoms with Crippen molar-refractivity contribution in [2.75, 3.05) is 0 Å². The monoisotopic (exact) mass is 443 g/mol. The molecule has 8 nitrogen and oxygen atoms in total. The summed E-state index contributed by atoms with van der Waals surface area (Å²) in [5, 5.41) is 7.63. The molecule has 0 aliphatic rings. The molecule has 0 atom stereocenters. The van der Waals surface area contributed by atoms with E-state index in [0.717, 1.165) is 22.6 Å². The molecule has 0 fully saturated rings. The van der Waals surface area contributed by atoms with Crippen LogP contribution in [-0.4, -0.2) is 20.7 Å². The summed E-state index contributed by atoms with van der Waals surface area (Å²) in [7, 11) is 0. The van der Waals surface area contributed by atoms with E-state index in [9.17, 15) is 9.59 Å². The number of benzene rings is 1. The first-order valence-corrected chi connectivity index (χ1v) is 10.4. The minimum Gasteiger partial charge on any atom is -0.446 e. The van der Waals surface area contributed by atoms with Crippen molar-refractivity contribution in [1.82, 2.24) is 20.1 Å². The van der Waals surface area contributed by atoms with Gasteiger partial charge in [-0.3, -0.25) is 9.59 Å². The number of oxazole rings is 1. The molecule has 0 saturated carbocycles. The second-order valence-electron chi connectivity index (χ2n) is 7.39. The lowest BCUT2D eigenvalue weighted by Gasteiger charge is -2.12. The highest BCUT2D eigenvalue weighted by Crippen LogP contribution is 2.16. The van der Waals surface area contributed by atoms with Crippen LogP contribution in [-0.2, 0) is 37.3 Å². The smallest absolute Gasteiger partial charge is 0.270 e. The van der Waals surface area contributed by atoms with Crippen LogP contribution in [0, 0.1) is 20.8 Å². The highest BCUT2D eigenvalue weighted by molar-refractivity contribution is 6.30. The van der Waals surface area contributed by atoms with Gasteiger partial charge in [0.1, 0.15) is 5.76 Å². The lowest BCUT2D eigenvalue weighted by Crippen LogP contribution is -2.32. The fraction of sp³-hybridized carbons (Fsp3) is 0.364. The SMILES string of the molecule is Cc1nc(CCn2ncc(C)c(CC(=O)NCc3cc(Cl)ccc3CN)c2=O)c(C)o1. The van der Waals surface area contributed by atoms with Crippen molar-refractivity contribution in [2.45, 2.75) is 53.2 Å². The molecule has 0 radical (unpaired) electrons. The number of nitrogens with zero attached hydrogens (tertiary/aromatic N) is 3. The summed E-state index contributed by atoms with van der Waals surface area (Å²) >= 11 is 6.05. The summed E-state index contributed by atoms with van der Waals surface area (Å²) in [6.45, 7) is 6.38. The topological polar surface area (TPSA) is 116 Å². The number of rotatable bonds is 8. The van der Waals surface area contributed by atoms with E-state index in [-0.39, 0.29) is 24.4 Å². The third-order valence-electron chi connectivity index (χ3n) is 5.12. The first kappa shape index (κ1) is 22.7. The Kier molecular flexibility index (Phi) is 7.25. The molecular weight excluding hydrogens is 418 g/mol. The summed E-state index contributed by atoms with van der Waals surface area (Å²) in [6, 6.07) is 5.38. The van der Waals surface area contributed by atoms with Gasteiger partial charge in [0.05, 0.1) is 24.9 Å². The normalized spacial score (nSPS) is 11.0. The molecular formula is C22H26ClN5O3. The zero-order chi connectivity index (χ0) is 22.5. The molecule has 2 heterocycles. The molecule has 3 aromatic rings. The zero-order valence-electron chi connectivity index (χ0n) is 17.9. The van der Waals surface area contributed by atoms with Gasteiger partial charge in [0, 0.05) is 37.0 Å². The predicted octanol–water partition coefficient (Wildman–Crippen LogP) is 2.37. The molecule has 1 amide bonds. The number of aromatic nitrogens is 3. The molecule has 0 aliphatic heterocycles. The second-order valence-corrected chi connectivity index (χ2v) is 7.83. The summed E-state index contributed by atoms with van der Waals surface area (Å²) in [4.78, 5) is 29.8. The Morgan fingerprint density at radius 1 is 1.26 bits per heavy atom. The highest BCUT2D eigenvalue weighted by atomic mass is 35.5. The number of carbonyl (C=O) groups is 1. The lowest BCUT2D eigenvalue weighted by atomic mass is 10.1. The van der Waals surface area contributed by atoms with E-state index < -0.39 is 0 Å². The standard InChI is InChI=1S/C22H26ClN5O3/c1-13-11-26-28(7-6-20-14(2)31-15(3)27-20)22(30)19(13)9-21(29)25-12-17-8-18(23)5-4-16(17)10-24/h4-5,8,11H,6-7,9-10,12,24H2,1-3H3,(H,25,29). The van der Waals surface area contributed by atoms with Gasteiger partial charge in [-0.15, -0.1) is 0 Å². The Morgan fingerprint density at radius 2 is 2.03 bits per heavy atom. The Morgan fingerprint density at radius 3 is 2.71 bits per heavy atom. The molecule has 3 N–H and O–H groups in total. The van der Waals surface area contributed by atoms with E-state index in [1.165, 1.54) is 4.68 Å². The number of nitrogens with one attached hydrogen (secondary N) is 1. The van der Waals surface area contributed by atoms with Crippen LogP contribution in [0.15, 0.2) is 33.6 Å². The molecule has 0 aliphatic carbocycles.